The number of aromatic amines is 1. The molecule has 2 heterocycles. The molecule has 1 saturated heterocycles. The highest BCUT2D eigenvalue weighted by Crippen LogP contribution is 2.35. The summed E-state index contributed by atoms with van der Waals surface area (Å²) in [6, 6.07) is 21.3. The number of primary amides is 1. The molecule has 3 aromatic carbocycles. The van der Waals surface area contributed by atoms with E-state index in [0.29, 0.717) is 23.2 Å². The maximum Gasteiger partial charge on any atom is 0.253 e. The van der Waals surface area contributed by atoms with E-state index in [2.05, 4.69) is 16.9 Å². The summed E-state index contributed by atoms with van der Waals surface area (Å²) in [5.41, 5.74) is 18.3. The van der Waals surface area contributed by atoms with Gasteiger partial charge in [-0.1, -0.05) is 42.5 Å². The Morgan fingerprint density at radius 2 is 1.63 bits per heavy atom. The van der Waals surface area contributed by atoms with Crippen LogP contribution in [0.4, 0.5) is 0 Å². The van der Waals surface area contributed by atoms with E-state index >= 15 is 0 Å². The van der Waals surface area contributed by atoms with E-state index in [4.69, 9.17) is 11.5 Å². The summed E-state index contributed by atoms with van der Waals surface area (Å²) in [5.74, 6) is -0.437. The molecule has 178 valence electrons. The van der Waals surface area contributed by atoms with Gasteiger partial charge < -0.3 is 26.3 Å². The van der Waals surface area contributed by atoms with Gasteiger partial charge in [-0.15, -0.1) is 0 Å². The Labute approximate surface area is 204 Å². The number of hydrogen-bond donors (Lipinski definition) is 3. The van der Waals surface area contributed by atoms with Crippen molar-refractivity contribution in [3.05, 3.63) is 83.4 Å². The number of aromatic nitrogens is 1. The number of hydrogen-bond acceptors (Lipinski definition) is 4. The second-order valence-electron chi connectivity index (χ2n) is 9.03. The third kappa shape index (κ3) is 4.32. The zero-order chi connectivity index (χ0) is 24.5. The predicted molar refractivity (Wildman–Crippen MR) is 139 cm³/mol. The van der Waals surface area contributed by atoms with Crippen molar-refractivity contribution in [1.29, 1.82) is 0 Å². The summed E-state index contributed by atoms with van der Waals surface area (Å²) < 4.78 is 0. The molecule has 0 saturated carbocycles. The van der Waals surface area contributed by atoms with Crippen LogP contribution in [-0.4, -0.2) is 59.8 Å². The zero-order valence-electron chi connectivity index (χ0n) is 19.8. The molecule has 0 aliphatic carbocycles. The molecule has 1 aromatic heterocycles. The largest absolute Gasteiger partial charge is 0.366 e. The number of nitrogens with one attached hydrogen (secondary N) is 1. The number of carbonyl (C=O) groups is 2. The Kier molecular flexibility index (Phi) is 6.11. The maximum absolute atomic E-state index is 12.9. The molecule has 35 heavy (non-hydrogen) atoms. The number of nitrogens with two attached hydrogens (primary N) is 2. The highest BCUT2D eigenvalue weighted by molar-refractivity contribution is 6.10. The van der Waals surface area contributed by atoms with E-state index in [1.807, 2.05) is 65.6 Å². The van der Waals surface area contributed by atoms with Crippen LogP contribution in [0.2, 0.25) is 0 Å². The van der Waals surface area contributed by atoms with Gasteiger partial charge in [-0.3, -0.25) is 9.59 Å². The lowest BCUT2D eigenvalue weighted by Gasteiger charge is -2.32. The lowest BCUT2D eigenvalue weighted by Crippen LogP contribution is -2.47. The topological polar surface area (TPSA) is 108 Å². The minimum atomic E-state index is -0.491. The molecule has 4 aromatic rings. The molecule has 0 unspecified atom stereocenters. The first-order valence-corrected chi connectivity index (χ1v) is 11.8. The predicted octanol–water partition coefficient (Wildman–Crippen LogP) is 3.45. The first-order chi connectivity index (χ1) is 17.0. The Balaban J connectivity index is 1.53. The maximum atomic E-state index is 12.9. The number of likely N-dealkylation sites (N-methyl/N-ethyl adjacent to an activating group) is 1. The van der Waals surface area contributed by atoms with Crippen LogP contribution in [0, 0.1) is 0 Å². The fourth-order valence-electron chi connectivity index (χ4n) is 4.76. The van der Waals surface area contributed by atoms with Gasteiger partial charge in [-0.05, 0) is 53.6 Å². The lowest BCUT2D eigenvalue weighted by molar-refractivity contribution is 0.0664. The smallest absolute Gasteiger partial charge is 0.253 e. The molecule has 0 spiro atoms. The molecule has 1 fully saturated rings. The minimum Gasteiger partial charge on any atom is -0.366 e. The number of carbonyl (C=O) groups excluding carboxylic acids is 2. The fourth-order valence-corrected chi connectivity index (χ4v) is 4.76. The second kappa shape index (κ2) is 9.37. The first-order valence-electron chi connectivity index (χ1n) is 11.8. The minimum absolute atomic E-state index is 0.0537. The molecule has 5 rings (SSSR count). The Morgan fingerprint density at radius 3 is 2.31 bits per heavy atom. The quantitative estimate of drug-likeness (QED) is 0.418. The van der Waals surface area contributed by atoms with Crippen LogP contribution in [0.5, 0.6) is 0 Å². The molecule has 0 bridgehead atoms. The van der Waals surface area contributed by atoms with Crippen LogP contribution >= 0.6 is 0 Å². The van der Waals surface area contributed by atoms with Gasteiger partial charge in [-0.25, -0.2) is 0 Å². The highest BCUT2D eigenvalue weighted by Gasteiger charge is 2.21. The molecule has 2 amide bonds. The van der Waals surface area contributed by atoms with Gasteiger partial charge in [0.25, 0.3) is 11.8 Å². The van der Waals surface area contributed by atoms with Gasteiger partial charge in [0.1, 0.15) is 0 Å². The fraction of sp³-hybridized carbons (Fsp3) is 0.214. The van der Waals surface area contributed by atoms with Gasteiger partial charge >= 0.3 is 0 Å². The number of piperazine rings is 1. The molecular formula is C28H29N5O2. The van der Waals surface area contributed by atoms with Crippen molar-refractivity contribution < 1.29 is 9.59 Å². The Bertz CT molecular complexity index is 1400. The average Bonchev–Trinajstić information content (AvgIpc) is 3.33. The normalized spacial score (nSPS) is 14.4. The molecule has 1 aliphatic heterocycles. The van der Waals surface area contributed by atoms with E-state index in [1.165, 1.54) is 0 Å². The first kappa shape index (κ1) is 22.8. The molecule has 7 heteroatoms. The third-order valence-electron chi connectivity index (χ3n) is 6.82. The van der Waals surface area contributed by atoms with Gasteiger partial charge in [0.15, 0.2) is 0 Å². The van der Waals surface area contributed by atoms with Crippen molar-refractivity contribution in [2.75, 3.05) is 33.2 Å². The zero-order valence-corrected chi connectivity index (χ0v) is 19.8. The number of benzene rings is 3. The highest BCUT2D eigenvalue weighted by atomic mass is 16.2. The third-order valence-corrected chi connectivity index (χ3v) is 6.82. The number of fused-ring (bicyclic) bond motifs is 1. The van der Waals surface area contributed by atoms with Crippen LogP contribution in [0.15, 0.2) is 66.7 Å². The van der Waals surface area contributed by atoms with E-state index < -0.39 is 5.91 Å². The molecule has 0 radical (unpaired) electrons. The van der Waals surface area contributed by atoms with Crippen LogP contribution in [0.3, 0.4) is 0 Å². The van der Waals surface area contributed by atoms with Gasteiger partial charge in [0, 0.05) is 49.4 Å². The molecule has 1 aliphatic rings. The molecule has 0 atom stereocenters. The number of rotatable bonds is 5. The van der Waals surface area contributed by atoms with Crippen molar-refractivity contribution in [2.24, 2.45) is 11.5 Å². The van der Waals surface area contributed by atoms with Crippen molar-refractivity contribution in [1.82, 2.24) is 14.8 Å². The van der Waals surface area contributed by atoms with E-state index in [-0.39, 0.29) is 5.91 Å². The van der Waals surface area contributed by atoms with Crippen LogP contribution < -0.4 is 11.5 Å². The summed E-state index contributed by atoms with van der Waals surface area (Å²) >= 11 is 0. The summed E-state index contributed by atoms with van der Waals surface area (Å²) in [6.45, 7) is 3.66. The standard InChI is InChI=1S/C28H29N5O2/c1-32-12-14-33(15-13-32)28(35)19-8-6-18(7-9-19)25-16-24-22(21-5-3-2-4-20(21)17-29)10-11-23(27(30)34)26(24)31-25/h2-11,16,31H,12-15,17,29H2,1H3,(H2,30,34). The molecule has 7 nitrogen and oxygen atoms in total. The summed E-state index contributed by atoms with van der Waals surface area (Å²) in [5, 5.41) is 0.898. The number of nitrogens with zero attached hydrogens (tertiary/aromatic N) is 2. The summed E-state index contributed by atoms with van der Waals surface area (Å²) in [4.78, 5) is 32.6. The Hall–Kier alpha value is -3.94. The average molecular weight is 468 g/mol. The van der Waals surface area contributed by atoms with Gasteiger partial charge in [-0.2, -0.15) is 0 Å². The lowest BCUT2D eigenvalue weighted by atomic mass is 9.95. The SMILES string of the molecule is CN1CCN(C(=O)c2ccc(-c3cc4c(-c5ccccc5CN)ccc(C(N)=O)c4[nH]3)cc2)CC1. The van der Waals surface area contributed by atoms with Crippen LogP contribution in [0.25, 0.3) is 33.3 Å². The summed E-state index contributed by atoms with van der Waals surface area (Å²) in [7, 11) is 2.07. The van der Waals surface area contributed by atoms with E-state index in [9.17, 15) is 9.59 Å². The van der Waals surface area contributed by atoms with Crippen molar-refractivity contribution in [3.63, 3.8) is 0 Å². The van der Waals surface area contributed by atoms with Crippen molar-refractivity contribution in [3.8, 4) is 22.4 Å². The molecular weight excluding hydrogens is 438 g/mol. The number of amides is 2. The van der Waals surface area contributed by atoms with Crippen molar-refractivity contribution >= 4 is 22.7 Å². The number of H-pyrrole nitrogens is 1. The molecule has 5 N–H and O–H groups in total. The van der Waals surface area contributed by atoms with Gasteiger partial charge in [0.2, 0.25) is 0 Å². The van der Waals surface area contributed by atoms with Gasteiger partial charge in [0.05, 0.1) is 11.1 Å². The summed E-state index contributed by atoms with van der Waals surface area (Å²) in [6.07, 6.45) is 0. The van der Waals surface area contributed by atoms with E-state index in [1.54, 1.807) is 6.07 Å². The monoisotopic (exact) mass is 467 g/mol. The van der Waals surface area contributed by atoms with Crippen molar-refractivity contribution in [2.45, 2.75) is 6.54 Å². The van der Waals surface area contributed by atoms with Crippen LogP contribution in [0.1, 0.15) is 26.3 Å². The van der Waals surface area contributed by atoms with Crippen LogP contribution in [-0.2, 0) is 6.54 Å². The van der Waals surface area contributed by atoms with E-state index in [0.717, 1.165) is 59.5 Å². The Morgan fingerprint density at radius 1 is 0.914 bits per heavy atom. The second-order valence-corrected chi connectivity index (χ2v) is 9.03.